The van der Waals surface area contributed by atoms with Gasteiger partial charge in [0.15, 0.2) is 0 Å². The van der Waals surface area contributed by atoms with Gasteiger partial charge in [0.05, 0.1) is 29.0 Å². The quantitative estimate of drug-likeness (QED) is 0.0998. The van der Waals surface area contributed by atoms with Gasteiger partial charge in [0.2, 0.25) is 5.60 Å². The van der Waals surface area contributed by atoms with E-state index in [0.717, 1.165) is 27.8 Å². The van der Waals surface area contributed by atoms with Crippen LogP contribution in [0.4, 0.5) is 0 Å². The maximum Gasteiger partial charge on any atom is 0.355 e. The van der Waals surface area contributed by atoms with Crippen LogP contribution in [-0.2, 0) is 44.4 Å². The van der Waals surface area contributed by atoms with Gasteiger partial charge in [0, 0.05) is 28.6 Å². The number of fused-ring (bicyclic) bond motifs is 5. The fraction of sp³-hybridized carbons (Fsp3) is 0.317. The number of benzene rings is 3. The first-order valence-corrected chi connectivity index (χ1v) is 20.5. The molecule has 0 amide bonds. The van der Waals surface area contributed by atoms with E-state index in [-0.39, 0.29) is 29.0 Å². The summed E-state index contributed by atoms with van der Waals surface area (Å²) in [6.45, 7) is 9.24. The van der Waals surface area contributed by atoms with E-state index in [0.29, 0.717) is 35.6 Å². The molecular formula is C41H42BrN3O6Si. The van der Waals surface area contributed by atoms with Gasteiger partial charge in [-0.3, -0.25) is 9.59 Å². The molecule has 52 heavy (non-hydrogen) atoms. The topological polar surface area (TPSA) is 100.0 Å². The molecule has 0 bridgehead atoms. The molecule has 0 radical (unpaired) electrons. The molecule has 0 N–H and O–H groups in total. The lowest BCUT2D eigenvalue weighted by molar-refractivity contribution is -0.187. The van der Waals surface area contributed by atoms with Crippen LogP contribution in [-0.4, -0.2) is 54.1 Å². The van der Waals surface area contributed by atoms with Crippen LogP contribution in [0.5, 0.6) is 5.75 Å². The van der Waals surface area contributed by atoms with E-state index in [9.17, 15) is 14.4 Å². The Morgan fingerprint density at radius 3 is 2.23 bits per heavy atom. The minimum Gasteiger partial charge on any atom is -0.534 e. The van der Waals surface area contributed by atoms with Crippen molar-refractivity contribution in [1.82, 2.24) is 14.5 Å². The zero-order valence-electron chi connectivity index (χ0n) is 30.3. The summed E-state index contributed by atoms with van der Waals surface area (Å²) in [5.41, 5.74) is 2.52. The molecule has 2 aromatic heterocycles. The Bertz CT molecular complexity index is 2230. The van der Waals surface area contributed by atoms with Gasteiger partial charge in [-0.25, -0.2) is 9.78 Å². The second-order valence-electron chi connectivity index (χ2n) is 14.8. The van der Waals surface area contributed by atoms with Crippen molar-refractivity contribution in [2.24, 2.45) is 0 Å². The summed E-state index contributed by atoms with van der Waals surface area (Å²) in [5, 5.41) is 2.97. The molecule has 3 aromatic carbocycles. The molecule has 0 aliphatic carbocycles. The third-order valence-corrected chi connectivity index (χ3v) is 15.7. The second kappa shape index (κ2) is 13.4. The first kappa shape index (κ1) is 35.8. The van der Waals surface area contributed by atoms with Crippen molar-refractivity contribution in [3.05, 3.63) is 118 Å². The van der Waals surface area contributed by atoms with Crippen LogP contribution in [0.25, 0.3) is 22.3 Å². The standard InChI is InChI=1S/C41H42BrN3O6Si/c1-7-41(50-36(46)22-42)32-21-34-37-26(23-45(34)38(47)31(32)25-49-39(41)48)20-29-30(24-44(5)6)35(19-18-33(29)43-37)51-52(40(2,3)4,27-14-10-8-11-15-27)28-16-12-9-13-17-28/h8-21H,7,22-25H2,1-6H3. The number of hydrogen-bond donors (Lipinski definition) is 0. The molecule has 0 fully saturated rings. The van der Waals surface area contributed by atoms with E-state index in [1.165, 1.54) is 10.4 Å². The average molecular weight is 781 g/mol. The Balaban J connectivity index is 1.41. The van der Waals surface area contributed by atoms with E-state index >= 15 is 0 Å². The van der Waals surface area contributed by atoms with Gasteiger partial charge in [0.25, 0.3) is 5.56 Å². The number of ether oxygens (including phenoxy) is 2. The summed E-state index contributed by atoms with van der Waals surface area (Å²) >= 11 is 3.13. The number of pyridine rings is 2. The summed E-state index contributed by atoms with van der Waals surface area (Å²) in [7, 11) is 1.12. The van der Waals surface area contributed by atoms with E-state index in [1.807, 2.05) is 38.4 Å². The maximum atomic E-state index is 14.1. The number of carbonyl (C=O) groups excluding carboxylic acids is 2. The van der Waals surface area contributed by atoms with Crippen molar-refractivity contribution in [1.29, 1.82) is 0 Å². The number of alkyl halides is 1. The summed E-state index contributed by atoms with van der Waals surface area (Å²) < 4.78 is 20.4. The van der Waals surface area contributed by atoms with Gasteiger partial charge in [-0.1, -0.05) is 104 Å². The molecule has 268 valence electrons. The number of esters is 2. The first-order valence-electron chi connectivity index (χ1n) is 17.5. The number of hydrogen-bond acceptors (Lipinski definition) is 8. The smallest absolute Gasteiger partial charge is 0.355 e. The van der Waals surface area contributed by atoms with Gasteiger partial charge in [-0.05, 0) is 60.2 Å². The molecule has 1 atom stereocenters. The Morgan fingerprint density at radius 1 is 1.00 bits per heavy atom. The SMILES string of the molecule is CCC1(OC(=O)CBr)C(=O)OCc2c1cc1n(c2=O)Cc2cc3c(CN(C)C)c(O[Si](c4ccccc4)(c4ccccc4)C(C)(C)C)ccc3nc2-1. The highest BCUT2D eigenvalue weighted by atomic mass is 79.9. The van der Waals surface area contributed by atoms with Crippen LogP contribution in [0.15, 0.2) is 89.7 Å². The second-order valence-corrected chi connectivity index (χ2v) is 19.6. The van der Waals surface area contributed by atoms with Gasteiger partial charge in [0.1, 0.15) is 17.7 Å². The molecule has 5 aromatic rings. The lowest BCUT2D eigenvalue weighted by Crippen LogP contribution is -2.68. The van der Waals surface area contributed by atoms with Crippen molar-refractivity contribution < 1.29 is 23.5 Å². The van der Waals surface area contributed by atoms with Crippen molar-refractivity contribution in [2.75, 3.05) is 19.4 Å². The summed E-state index contributed by atoms with van der Waals surface area (Å²) in [5.74, 6) is -0.508. The van der Waals surface area contributed by atoms with Crippen molar-refractivity contribution in [3.63, 3.8) is 0 Å². The van der Waals surface area contributed by atoms with Crippen LogP contribution in [0.3, 0.4) is 0 Å². The minimum atomic E-state index is -2.96. The van der Waals surface area contributed by atoms with Crippen LogP contribution in [0, 0.1) is 0 Å². The lowest BCUT2D eigenvalue weighted by atomic mass is 9.85. The van der Waals surface area contributed by atoms with Crippen LogP contribution >= 0.6 is 15.9 Å². The first-order chi connectivity index (χ1) is 24.8. The maximum absolute atomic E-state index is 14.1. The summed E-state index contributed by atoms with van der Waals surface area (Å²) in [4.78, 5) is 47.2. The summed E-state index contributed by atoms with van der Waals surface area (Å²) in [6.07, 6.45) is 0.112. The third-order valence-electron chi connectivity index (χ3n) is 10.3. The molecule has 2 aliphatic heterocycles. The van der Waals surface area contributed by atoms with Gasteiger partial charge < -0.3 is 23.4 Å². The molecule has 1 unspecified atom stereocenters. The van der Waals surface area contributed by atoms with Crippen molar-refractivity contribution in [3.8, 4) is 17.1 Å². The number of rotatable bonds is 9. The molecule has 0 saturated heterocycles. The van der Waals surface area contributed by atoms with Crippen molar-refractivity contribution >= 4 is 57.5 Å². The van der Waals surface area contributed by atoms with E-state index in [4.69, 9.17) is 18.9 Å². The fourth-order valence-electron chi connectivity index (χ4n) is 7.86. The number of aromatic nitrogens is 2. The van der Waals surface area contributed by atoms with Gasteiger partial charge >= 0.3 is 20.3 Å². The van der Waals surface area contributed by atoms with E-state index < -0.39 is 25.9 Å². The number of halogens is 1. The van der Waals surface area contributed by atoms with Gasteiger partial charge in [-0.15, -0.1) is 0 Å². The zero-order valence-corrected chi connectivity index (χ0v) is 32.9. The molecule has 11 heteroatoms. The predicted octanol–water partition coefficient (Wildman–Crippen LogP) is 6.03. The van der Waals surface area contributed by atoms with E-state index in [1.54, 1.807) is 17.6 Å². The van der Waals surface area contributed by atoms with Crippen molar-refractivity contribution in [2.45, 2.75) is 64.5 Å². The highest BCUT2D eigenvalue weighted by molar-refractivity contribution is 9.09. The Labute approximate surface area is 312 Å². The molecule has 0 spiro atoms. The predicted molar refractivity (Wildman–Crippen MR) is 208 cm³/mol. The third kappa shape index (κ3) is 5.70. The normalized spacial score (nSPS) is 16.7. The molecule has 0 saturated carbocycles. The fourth-order valence-corrected chi connectivity index (χ4v) is 12.4. The Morgan fingerprint density at radius 2 is 1.65 bits per heavy atom. The highest BCUT2D eigenvalue weighted by Crippen LogP contribution is 2.43. The van der Waals surface area contributed by atoms with Gasteiger partial charge in [-0.2, -0.15) is 0 Å². The average Bonchev–Trinajstić information content (AvgIpc) is 3.49. The Kier molecular flexibility index (Phi) is 9.25. The van der Waals surface area contributed by atoms with Crippen LogP contribution in [0.1, 0.15) is 56.4 Å². The number of nitrogens with zero attached hydrogens (tertiary/aromatic N) is 3. The highest BCUT2D eigenvalue weighted by Gasteiger charge is 2.53. The monoisotopic (exact) mass is 779 g/mol. The van der Waals surface area contributed by atoms with Crippen LogP contribution < -0.4 is 20.4 Å². The molecule has 4 heterocycles. The number of carbonyl (C=O) groups is 2. The molecular weight excluding hydrogens is 738 g/mol. The minimum absolute atomic E-state index is 0.102. The van der Waals surface area contributed by atoms with Crippen LogP contribution in [0.2, 0.25) is 5.04 Å². The zero-order chi connectivity index (χ0) is 37.0. The summed E-state index contributed by atoms with van der Waals surface area (Å²) in [6, 6.07) is 29.1. The molecule has 7 rings (SSSR count). The lowest BCUT2D eigenvalue weighted by Gasteiger charge is -2.43. The molecule has 2 aliphatic rings. The molecule has 9 nitrogen and oxygen atoms in total. The van der Waals surface area contributed by atoms with E-state index in [2.05, 4.69) is 96.2 Å². The number of cyclic esters (lactones) is 1. The Hall–Kier alpha value is -4.58. The largest absolute Gasteiger partial charge is 0.534 e.